The first-order valence-electron chi connectivity index (χ1n) is 11.3. The molecule has 0 unspecified atom stereocenters. The molecular formula is C29H30N2O2. The molecule has 0 N–H and O–H groups in total. The van der Waals surface area contributed by atoms with E-state index in [-0.39, 0.29) is 11.8 Å². The van der Waals surface area contributed by atoms with E-state index in [1.165, 1.54) is 10.5 Å². The second-order valence-corrected chi connectivity index (χ2v) is 9.06. The van der Waals surface area contributed by atoms with Crippen molar-refractivity contribution in [3.05, 3.63) is 106 Å². The fourth-order valence-corrected chi connectivity index (χ4v) is 4.21. The molecule has 0 aliphatic carbocycles. The van der Waals surface area contributed by atoms with Crippen LogP contribution in [0.15, 0.2) is 78.5 Å². The first-order valence-corrected chi connectivity index (χ1v) is 11.3. The number of hydrogen-bond donors (Lipinski definition) is 0. The Morgan fingerprint density at radius 3 is 2.09 bits per heavy atom. The molecule has 0 radical (unpaired) electrons. The first kappa shape index (κ1) is 22.5. The summed E-state index contributed by atoms with van der Waals surface area (Å²) in [6.07, 6.45) is 0. The highest BCUT2D eigenvalue weighted by atomic mass is 16.2. The van der Waals surface area contributed by atoms with E-state index in [9.17, 15) is 9.59 Å². The van der Waals surface area contributed by atoms with Crippen LogP contribution in [0.3, 0.4) is 0 Å². The van der Waals surface area contributed by atoms with Gasteiger partial charge in [-0.25, -0.2) is 4.90 Å². The molecule has 1 heterocycles. The number of carbonyl (C=O) groups is 2. The van der Waals surface area contributed by atoms with Gasteiger partial charge < -0.3 is 4.90 Å². The van der Waals surface area contributed by atoms with E-state index in [2.05, 4.69) is 13.8 Å². The molecule has 0 atom stereocenters. The average molecular weight is 439 g/mol. The number of imide groups is 1. The Hall–Kier alpha value is -3.66. The van der Waals surface area contributed by atoms with Crippen LogP contribution in [0.25, 0.3) is 5.57 Å². The minimum Gasteiger partial charge on any atom is -0.365 e. The largest absolute Gasteiger partial charge is 0.365 e. The van der Waals surface area contributed by atoms with Gasteiger partial charge in [-0.2, -0.15) is 0 Å². The monoisotopic (exact) mass is 438 g/mol. The molecule has 0 fully saturated rings. The number of rotatable bonds is 6. The van der Waals surface area contributed by atoms with Crippen LogP contribution in [0.1, 0.15) is 47.6 Å². The lowest BCUT2D eigenvalue weighted by atomic mass is 9.99. The summed E-state index contributed by atoms with van der Waals surface area (Å²) < 4.78 is 0. The van der Waals surface area contributed by atoms with E-state index in [1.807, 2.05) is 98.6 Å². The van der Waals surface area contributed by atoms with Crippen molar-refractivity contribution in [1.29, 1.82) is 0 Å². The highest BCUT2D eigenvalue weighted by molar-refractivity contribution is 6.45. The van der Waals surface area contributed by atoms with Gasteiger partial charge in [0.05, 0.1) is 11.3 Å². The predicted octanol–water partition coefficient (Wildman–Crippen LogP) is 5.84. The first-order chi connectivity index (χ1) is 15.8. The van der Waals surface area contributed by atoms with Crippen molar-refractivity contribution in [2.45, 2.75) is 40.2 Å². The molecule has 1 aliphatic heterocycles. The van der Waals surface area contributed by atoms with Crippen LogP contribution in [-0.4, -0.2) is 23.8 Å². The number of benzene rings is 3. The molecule has 3 aromatic carbocycles. The van der Waals surface area contributed by atoms with Gasteiger partial charge in [0.25, 0.3) is 11.8 Å². The Morgan fingerprint density at radius 2 is 1.48 bits per heavy atom. The van der Waals surface area contributed by atoms with E-state index in [0.717, 1.165) is 22.3 Å². The van der Waals surface area contributed by atoms with E-state index >= 15 is 0 Å². The molecular weight excluding hydrogens is 408 g/mol. The zero-order valence-electron chi connectivity index (χ0n) is 19.9. The quantitative estimate of drug-likeness (QED) is 0.454. The van der Waals surface area contributed by atoms with Gasteiger partial charge in [0.1, 0.15) is 5.70 Å². The van der Waals surface area contributed by atoms with Crippen LogP contribution in [0.4, 0.5) is 5.69 Å². The number of likely N-dealkylation sites (N-methyl/N-ethyl adjacent to an activating group) is 1. The minimum atomic E-state index is -0.288. The van der Waals surface area contributed by atoms with Crippen LogP contribution in [0.5, 0.6) is 0 Å². The van der Waals surface area contributed by atoms with Crippen molar-refractivity contribution in [3.8, 4) is 0 Å². The second-order valence-electron chi connectivity index (χ2n) is 9.06. The molecule has 4 rings (SSSR count). The molecule has 4 nitrogen and oxygen atoms in total. The Morgan fingerprint density at radius 1 is 0.818 bits per heavy atom. The maximum absolute atomic E-state index is 13.7. The summed E-state index contributed by atoms with van der Waals surface area (Å²) in [5.74, 6) is -0.194. The van der Waals surface area contributed by atoms with Gasteiger partial charge in [-0.3, -0.25) is 9.59 Å². The van der Waals surface area contributed by atoms with Gasteiger partial charge in [0.15, 0.2) is 0 Å². The normalized spacial score (nSPS) is 13.9. The number of anilines is 1. The third-order valence-electron chi connectivity index (χ3n) is 6.32. The summed E-state index contributed by atoms with van der Waals surface area (Å²) in [7, 11) is 1.87. The van der Waals surface area contributed by atoms with Crippen molar-refractivity contribution >= 4 is 23.1 Å². The van der Waals surface area contributed by atoms with E-state index < -0.39 is 0 Å². The van der Waals surface area contributed by atoms with Crippen molar-refractivity contribution in [1.82, 2.24) is 4.90 Å². The molecule has 1 aliphatic rings. The molecule has 4 heteroatoms. The van der Waals surface area contributed by atoms with Gasteiger partial charge in [0.2, 0.25) is 0 Å². The smallest absolute Gasteiger partial charge is 0.282 e. The van der Waals surface area contributed by atoms with Crippen LogP contribution in [0.2, 0.25) is 0 Å². The van der Waals surface area contributed by atoms with Gasteiger partial charge in [-0.15, -0.1) is 0 Å². The summed E-state index contributed by atoms with van der Waals surface area (Å²) in [6.45, 7) is 8.84. The third kappa shape index (κ3) is 4.34. The standard InChI is InChI=1S/C29H30N2O2/c1-19(2)23-13-15-25(16-14-23)31-28(32)26(24-12-11-20(3)21(4)17-24)27(29(31)33)30(5)18-22-9-7-6-8-10-22/h6-17,19H,18H2,1-5H3. The number of aryl methyl sites for hydroxylation is 2. The van der Waals surface area contributed by atoms with Crippen molar-refractivity contribution in [2.75, 3.05) is 11.9 Å². The minimum absolute atomic E-state index is 0.282. The Kier molecular flexibility index (Phi) is 6.19. The highest BCUT2D eigenvalue weighted by Crippen LogP contribution is 2.36. The molecule has 2 amide bonds. The second kappa shape index (κ2) is 9.07. The summed E-state index contributed by atoms with van der Waals surface area (Å²) in [4.78, 5) is 30.6. The van der Waals surface area contributed by atoms with Gasteiger partial charge in [0, 0.05) is 13.6 Å². The summed E-state index contributed by atoms with van der Waals surface area (Å²) in [6, 6.07) is 23.6. The lowest BCUT2D eigenvalue weighted by Gasteiger charge is -2.22. The van der Waals surface area contributed by atoms with E-state index in [1.54, 1.807) is 0 Å². The number of carbonyl (C=O) groups excluding carboxylic acids is 2. The lowest BCUT2D eigenvalue weighted by molar-refractivity contribution is -0.120. The van der Waals surface area contributed by atoms with Gasteiger partial charge in [-0.05, 0) is 59.7 Å². The SMILES string of the molecule is Cc1ccc(C2=C(N(C)Cc3ccccc3)C(=O)N(c3ccc(C(C)C)cc3)C2=O)cc1C. The van der Waals surface area contributed by atoms with Crippen molar-refractivity contribution in [2.24, 2.45) is 0 Å². The zero-order chi connectivity index (χ0) is 23.7. The maximum atomic E-state index is 13.7. The van der Waals surface area contributed by atoms with Gasteiger partial charge >= 0.3 is 0 Å². The topological polar surface area (TPSA) is 40.6 Å². The molecule has 3 aromatic rings. The molecule has 0 aromatic heterocycles. The average Bonchev–Trinajstić information content (AvgIpc) is 3.06. The summed E-state index contributed by atoms with van der Waals surface area (Å²) >= 11 is 0. The fraction of sp³-hybridized carbons (Fsp3) is 0.241. The lowest BCUT2D eigenvalue weighted by Crippen LogP contribution is -2.34. The third-order valence-corrected chi connectivity index (χ3v) is 6.32. The number of nitrogens with zero attached hydrogens (tertiary/aromatic N) is 2. The Bertz CT molecular complexity index is 1220. The van der Waals surface area contributed by atoms with Gasteiger partial charge in [-0.1, -0.05) is 74.5 Å². The highest BCUT2D eigenvalue weighted by Gasteiger charge is 2.41. The van der Waals surface area contributed by atoms with Crippen LogP contribution in [-0.2, 0) is 16.1 Å². The van der Waals surface area contributed by atoms with E-state index in [0.29, 0.717) is 29.4 Å². The van der Waals surface area contributed by atoms with Crippen molar-refractivity contribution < 1.29 is 9.59 Å². The summed E-state index contributed by atoms with van der Waals surface area (Å²) in [5.41, 5.74) is 6.73. The maximum Gasteiger partial charge on any atom is 0.282 e. The zero-order valence-corrected chi connectivity index (χ0v) is 19.9. The molecule has 0 bridgehead atoms. The molecule has 33 heavy (non-hydrogen) atoms. The summed E-state index contributed by atoms with van der Waals surface area (Å²) in [5, 5.41) is 0. The van der Waals surface area contributed by atoms with Crippen LogP contribution < -0.4 is 4.90 Å². The molecule has 0 saturated carbocycles. The molecule has 0 saturated heterocycles. The number of hydrogen-bond acceptors (Lipinski definition) is 3. The Labute approximate surface area is 196 Å². The molecule has 0 spiro atoms. The van der Waals surface area contributed by atoms with E-state index in [4.69, 9.17) is 0 Å². The van der Waals surface area contributed by atoms with Crippen molar-refractivity contribution in [3.63, 3.8) is 0 Å². The predicted molar refractivity (Wildman–Crippen MR) is 134 cm³/mol. The Balaban J connectivity index is 1.79. The van der Waals surface area contributed by atoms with Crippen LogP contribution in [0, 0.1) is 13.8 Å². The molecule has 168 valence electrons. The number of amides is 2. The van der Waals surface area contributed by atoms with Crippen LogP contribution >= 0.6 is 0 Å². The fourth-order valence-electron chi connectivity index (χ4n) is 4.21.